The van der Waals surface area contributed by atoms with E-state index in [9.17, 15) is 5.11 Å². The number of nitrogens with zero attached hydrogens (tertiary/aromatic N) is 2. The summed E-state index contributed by atoms with van der Waals surface area (Å²) in [6.45, 7) is 0.450. The summed E-state index contributed by atoms with van der Waals surface area (Å²) in [5.74, 6) is 1.17. The second kappa shape index (κ2) is 3.89. The van der Waals surface area contributed by atoms with Crippen molar-refractivity contribution in [1.29, 1.82) is 0 Å². The van der Waals surface area contributed by atoms with Crippen LogP contribution in [0.3, 0.4) is 0 Å². The number of phenolic OH excluding ortho intramolecular Hbond substituents is 1. The smallest absolute Gasteiger partial charge is 0.140 e. The number of hydrogen-bond acceptors (Lipinski definition) is 3. The third-order valence-electron chi connectivity index (χ3n) is 3.04. The van der Waals surface area contributed by atoms with Gasteiger partial charge in [-0.15, -0.1) is 0 Å². The molecule has 0 unspecified atom stereocenters. The van der Waals surface area contributed by atoms with Crippen LogP contribution in [0.5, 0.6) is 5.75 Å². The highest BCUT2D eigenvalue weighted by Crippen LogP contribution is 2.38. The lowest BCUT2D eigenvalue weighted by molar-refractivity contribution is 0.475. The van der Waals surface area contributed by atoms with E-state index < -0.39 is 0 Å². The van der Waals surface area contributed by atoms with Gasteiger partial charge >= 0.3 is 0 Å². The molecule has 0 spiro atoms. The van der Waals surface area contributed by atoms with Gasteiger partial charge in [0.1, 0.15) is 11.6 Å². The molecule has 17 heavy (non-hydrogen) atoms. The van der Waals surface area contributed by atoms with Gasteiger partial charge in [0.05, 0.1) is 5.69 Å². The van der Waals surface area contributed by atoms with E-state index >= 15 is 0 Å². The molecule has 3 rings (SSSR count). The highest BCUT2D eigenvalue weighted by molar-refractivity contribution is 5.58. The van der Waals surface area contributed by atoms with Crippen molar-refractivity contribution < 1.29 is 5.11 Å². The Morgan fingerprint density at radius 3 is 2.88 bits per heavy atom. The summed E-state index contributed by atoms with van der Waals surface area (Å²) in [4.78, 5) is 4.53. The number of aromatic hydroxyl groups is 1. The SMILES string of the molecule is NCc1cn(C2CC2)c(-c2cccc(O)c2)n1. The maximum atomic E-state index is 9.52. The molecule has 1 heterocycles. The number of nitrogens with two attached hydrogens (primary N) is 1. The van der Waals surface area contributed by atoms with Crippen LogP contribution in [0.4, 0.5) is 0 Å². The van der Waals surface area contributed by atoms with E-state index in [1.54, 1.807) is 12.1 Å². The van der Waals surface area contributed by atoms with E-state index in [0.29, 0.717) is 12.6 Å². The lowest BCUT2D eigenvalue weighted by Gasteiger charge is -2.05. The molecule has 1 aromatic heterocycles. The molecule has 1 aliphatic rings. The third-order valence-corrected chi connectivity index (χ3v) is 3.04. The fraction of sp³-hybridized carbons (Fsp3) is 0.308. The van der Waals surface area contributed by atoms with Crippen molar-refractivity contribution in [3.63, 3.8) is 0 Å². The van der Waals surface area contributed by atoms with Gasteiger partial charge < -0.3 is 15.4 Å². The lowest BCUT2D eigenvalue weighted by atomic mass is 10.2. The van der Waals surface area contributed by atoms with Crippen molar-refractivity contribution in [3.05, 3.63) is 36.2 Å². The summed E-state index contributed by atoms with van der Waals surface area (Å²) >= 11 is 0. The Hall–Kier alpha value is -1.81. The Balaban J connectivity index is 2.09. The van der Waals surface area contributed by atoms with E-state index in [1.165, 1.54) is 12.8 Å². The molecule has 1 fully saturated rings. The summed E-state index contributed by atoms with van der Waals surface area (Å²) in [5.41, 5.74) is 7.48. The second-order valence-corrected chi connectivity index (χ2v) is 4.45. The standard InChI is InChI=1S/C13H15N3O/c14-7-10-8-16(11-4-5-11)13(15-10)9-2-1-3-12(17)6-9/h1-3,6,8,11,17H,4-5,7,14H2. The van der Waals surface area contributed by atoms with Crippen LogP contribution in [-0.4, -0.2) is 14.7 Å². The number of phenols is 1. The maximum absolute atomic E-state index is 9.52. The molecule has 0 amide bonds. The first-order valence-electron chi connectivity index (χ1n) is 5.85. The van der Waals surface area contributed by atoms with Crippen molar-refractivity contribution in [2.24, 2.45) is 5.73 Å². The first-order chi connectivity index (χ1) is 8.28. The summed E-state index contributed by atoms with van der Waals surface area (Å²) in [5, 5.41) is 9.52. The van der Waals surface area contributed by atoms with Gasteiger partial charge in [-0.1, -0.05) is 12.1 Å². The summed E-state index contributed by atoms with van der Waals surface area (Å²) in [6.07, 6.45) is 4.43. The van der Waals surface area contributed by atoms with Gasteiger partial charge in [0.15, 0.2) is 0 Å². The van der Waals surface area contributed by atoms with Crippen molar-refractivity contribution in [3.8, 4) is 17.1 Å². The highest BCUT2D eigenvalue weighted by Gasteiger charge is 2.26. The molecule has 1 aromatic carbocycles. The van der Waals surface area contributed by atoms with Gasteiger partial charge in [-0.25, -0.2) is 4.98 Å². The molecular formula is C13H15N3O. The van der Waals surface area contributed by atoms with Crippen LogP contribution < -0.4 is 5.73 Å². The Labute approximate surface area is 99.7 Å². The molecule has 1 aliphatic carbocycles. The number of imidazole rings is 1. The van der Waals surface area contributed by atoms with Crippen LogP contribution in [0.2, 0.25) is 0 Å². The van der Waals surface area contributed by atoms with E-state index in [-0.39, 0.29) is 5.75 Å². The third kappa shape index (κ3) is 1.91. The van der Waals surface area contributed by atoms with Crippen molar-refractivity contribution in [1.82, 2.24) is 9.55 Å². The van der Waals surface area contributed by atoms with Crippen LogP contribution in [0.25, 0.3) is 11.4 Å². The Morgan fingerprint density at radius 1 is 1.41 bits per heavy atom. The van der Waals surface area contributed by atoms with Crippen molar-refractivity contribution in [2.45, 2.75) is 25.4 Å². The minimum atomic E-state index is 0.266. The van der Waals surface area contributed by atoms with Gasteiger partial charge in [0.25, 0.3) is 0 Å². The zero-order valence-corrected chi connectivity index (χ0v) is 9.50. The molecule has 0 bridgehead atoms. The number of aromatic nitrogens is 2. The molecule has 3 N–H and O–H groups in total. The molecule has 88 valence electrons. The zero-order chi connectivity index (χ0) is 11.8. The van der Waals surface area contributed by atoms with Gasteiger partial charge in [0, 0.05) is 24.3 Å². The van der Waals surface area contributed by atoms with Crippen LogP contribution in [0.15, 0.2) is 30.5 Å². The van der Waals surface area contributed by atoms with Crippen LogP contribution in [0.1, 0.15) is 24.6 Å². The molecule has 0 aliphatic heterocycles. The first-order valence-corrected chi connectivity index (χ1v) is 5.85. The summed E-state index contributed by atoms with van der Waals surface area (Å²) < 4.78 is 2.18. The molecule has 0 atom stereocenters. The predicted octanol–water partition coefficient (Wildman–Crippen LogP) is 2.05. The highest BCUT2D eigenvalue weighted by atomic mass is 16.3. The van der Waals surface area contributed by atoms with Crippen LogP contribution >= 0.6 is 0 Å². The van der Waals surface area contributed by atoms with Gasteiger partial charge in [0.2, 0.25) is 0 Å². The maximum Gasteiger partial charge on any atom is 0.140 e. The van der Waals surface area contributed by atoms with Crippen LogP contribution in [0, 0.1) is 0 Å². The number of benzene rings is 1. The first kappa shape index (κ1) is 10.4. The largest absolute Gasteiger partial charge is 0.508 e. The second-order valence-electron chi connectivity index (χ2n) is 4.45. The van der Waals surface area contributed by atoms with Gasteiger partial charge in [-0.05, 0) is 25.0 Å². The number of hydrogen-bond donors (Lipinski definition) is 2. The van der Waals surface area contributed by atoms with Crippen molar-refractivity contribution >= 4 is 0 Å². The average Bonchev–Trinajstić information content (AvgIpc) is 3.08. The normalized spacial score (nSPS) is 15.1. The minimum Gasteiger partial charge on any atom is -0.508 e. The topological polar surface area (TPSA) is 64.1 Å². The molecule has 4 heteroatoms. The molecule has 0 saturated heterocycles. The Bertz CT molecular complexity index is 543. The monoisotopic (exact) mass is 229 g/mol. The quantitative estimate of drug-likeness (QED) is 0.846. The molecule has 1 saturated carbocycles. The average molecular weight is 229 g/mol. The fourth-order valence-corrected chi connectivity index (χ4v) is 2.03. The minimum absolute atomic E-state index is 0.266. The van der Waals surface area contributed by atoms with Crippen LogP contribution in [-0.2, 0) is 6.54 Å². The van der Waals surface area contributed by atoms with Gasteiger partial charge in [-0.2, -0.15) is 0 Å². The van der Waals surface area contributed by atoms with E-state index in [1.807, 2.05) is 18.3 Å². The molecule has 0 radical (unpaired) electrons. The Kier molecular flexibility index (Phi) is 2.37. The van der Waals surface area contributed by atoms with E-state index in [4.69, 9.17) is 5.73 Å². The molecule has 2 aromatic rings. The number of rotatable bonds is 3. The molecule has 4 nitrogen and oxygen atoms in total. The van der Waals surface area contributed by atoms with E-state index in [0.717, 1.165) is 17.1 Å². The van der Waals surface area contributed by atoms with Crippen molar-refractivity contribution in [2.75, 3.05) is 0 Å². The predicted molar refractivity (Wildman–Crippen MR) is 65.5 cm³/mol. The van der Waals surface area contributed by atoms with E-state index in [2.05, 4.69) is 9.55 Å². The Morgan fingerprint density at radius 2 is 2.24 bits per heavy atom. The van der Waals surface area contributed by atoms with Gasteiger partial charge in [-0.3, -0.25) is 0 Å². The summed E-state index contributed by atoms with van der Waals surface area (Å²) in [6, 6.07) is 7.75. The lowest BCUT2D eigenvalue weighted by Crippen LogP contribution is -1.95. The molecular weight excluding hydrogens is 214 g/mol. The fourth-order valence-electron chi connectivity index (χ4n) is 2.03. The summed E-state index contributed by atoms with van der Waals surface area (Å²) in [7, 11) is 0. The zero-order valence-electron chi connectivity index (χ0n) is 9.50.